The maximum atomic E-state index is 11.6. The number of nitrogens with one attached hydrogen (secondary N) is 1. The predicted octanol–water partition coefficient (Wildman–Crippen LogP) is 2.00. The summed E-state index contributed by atoms with van der Waals surface area (Å²) in [6, 6.07) is 3.35. The average Bonchev–Trinajstić information content (AvgIpc) is 3.04. The van der Waals surface area contributed by atoms with Gasteiger partial charge in [0.25, 0.3) is 0 Å². The third-order valence-electron chi connectivity index (χ3n) is 2.58. The minimum atomic E-state index is -0.437. The van der Waals surface area contributed by atoms with Gasteiger partial charge in [0, 0.05) is 6.20 Å². The first-order valence-electron chi connectivity index (χ1n) is 5.25. The molecule has 90 valence electrons. The number of imidazole rings is 1. The van der Waals surface area contributed by atoms with Crippen molar-refractivity contribution < 1.29 is 13.9 Å². The van der Waals surface area contributed by atoms with Gasteiger partial charge >= 0.3 is 5.97 Å². The van der Waals surface area contributed by atoms with Crippen molar-refractivity contribution in [3.05, 3.63) is 36.4 Å². The highest BCUT2D eigenvalue weighted by atomic mass is 16.5. The Bertz CT molecular complexity index is 701. The lowest BCUT2D eigenvalue weighted by Crippen LogP contribution is -2.02. The summed E-state index contributed by atoms with van der Waals surface area (Å²) in [6.07, 6.45) is 4.65. The molecule has 1 N–H and O–H groups in total. The first-order valence-corrected chi connectivity index (χ1v) is 5.25. The SMILES string of the molecule is COC(=O)c1ccnc2[nH]c(-c3ccoc3)nc12. The summed E-state index contributed by atoms with van der Waals surface area (Å²) in [5, 5.41) is 0. The van der Waals surface area contributed by atoms with E-state index in [1.165, 1.54) is 13.3 Å². The van der Waals surface area contributed by atoms with E-state index in [-0.39, 0.29) is 0 Å². The number of ether oxygens (including phenoxy) is 1. The zero-order chi connectivity index (χ0) is 12.5. The standard InChI is InChI=1S/C12H9N3O3/c1-17-12(16)8-2-4-13-11-9(8)14-10(15-11)7-3-5-18-6-7/h2-6H,1H3,(H,13,14,15). The molecule has 6 heteroatoms. The molecule has 0 radical (unpaired) electrons. The van der Waals surface area contributed by atoms with Crippen molar-refractivity contribution >= 4 is 17.1 Å². The second-order valence-electron chi connectivity index (χ2n) is 3.64. The van der Waals surface area contributed by atoms with E-state index in [1.54, 1.807) is 24.7 Å². The predicted molar refractivity (Wildman–Crippen MR) is 62.9 cm³/mol. The maximum absolute atomic E-state index is 11.6. The lowest BCUT2D eigenvalue weighted by molar-refractivity contribution is 0.0602. The molecular weight excluding hydrogens is 234 g/mol. The van der Waals surface area contributed by atoms with Gasteiger partial charge in [-0.3, -0.25) is 0 Å². The fourth-order valence-electron chi connectivity index (χ4n) is 1.72. The third-order valence-corrected chi connectivity index (χ3v) is 2.58. The van der Waals surface area contributed by atoms with Gasteiger partial charge in [0.05, 0.1) is 24.5 Å². The normalized spacial score (nSPS) is 10.7. The van der Waals surface area contributed by atoms with E-state index in [1.807, 2.05) is 0 Å². The number of pyridine rings is 1. The molecule has 0 amide bonds. The Hall–Kier alpha value is -2.63. The molecule has 0 unspecified atom stereocenters. The number of carbonyl (C=O) groups is 1. The van der Waals surface area contributed by atoms with E-state index in [4.69, 9.17) is 9.15 Å². The molecule has 3 rings (SSSR count). The summed E-state index contributed by atoms with van der Waals surface area (Å²) in [5.41, 5.74) is 2.20. The number of rotatable bonds is 2. The first kappa shape index (κ1) is 10.5. The van der Waals surface area contributed by atoms with Crippen molar-refractivity contribution in [1.29, 1.82) is 0 Å². The number of esters is 1. The van der Waals surface area contributed by atoms with Crippen molar-refractivity contribution in [3.63, 3.8) is 0 Å². The number of H-pyrrole nitrogens is 1. The highest BCUT2D eigenvalue weighted by Crippen LogP contribution is 2.22. The highest BCUT2D eigenvalue weighted by molar-refractivity contribution is 6.01. The van der Waals surface area contributed by atoms with Crippen LogP contribution in [0.5, 0.6) is 0 Å². The van der Waals surface area contributed by atoms with Gasteiger partial charge in [-0.05, 0) is 12.1 Å². The van der Waals surface area contributed by atoms with Crippen LogP contribution >= 0.6 is 0 Å². The van der Waals surface area contributed by atoms with E-state index < -0.39 is 5.97 Å². The Balaban J connectivity index is 2.20. The molecule has 0 atom stereocenters. The third kappa shape index (κ3) is 1.55. The van der Waals surface area contributed by atoms with Crippen molar-refractivity contribution in [3.8, 4) is 11.4 Å². The molecule has 3 heterocycles. The number of hydrogen-bond donors (Lipinski definition) is 1. The zero-order valence-corrected chi connectivity index (χ0v) is 9.51. The zero-order valence-electron chi connectivity index (χ0n) is 9.51. The van der Waals surface area contributed by atoms with E-state index in [0.717, 1.165) is 5.56 Å². The van der Waals surface area contributed by atoms with Crippen LogP contribution in [0.2, 0.25) is 0 Å². The van der Waals surface area contributed by atoms with Crippen LogP contribution < -0.4 is 0 Å². The molecular formula is C12H9N3O3. The summed E-state index contributed by atoms with van der Waals surface area (Å²) in [7, 11) is 1.33. The van der Waals surface area contributed by atoms with Crippen LogP contribution in [0.3, 0.4) is 0 Å². The summed E-state index contributed by atoms with van der Waals surface area (Å²) in [6.45, 7) is 0. The van der Waals surface area contributed by atoms with Gasteiger partial charge < -0.3 is 14.1 Å². The quantitative estimate of drug-likeness (QED) is 0.696. The van der Waals surface area contributed by atoms with Gasteiger partial charge in [0.15, 0.2) is 5.65 Å². The lowest BCUT2D eigenvalue weighted by Gasteiger charge is -1.97. The van der Waals surface area contributed by atoms with Crippen LogP contribution in [-0.4, -0.2) is 28.0 Å². The van der Waals surface area contributed by atoms with Crippen molar-refractivity contribution in [2.75, 3.05) is 7.11 Å². The van der Waals surface area contributed by atoms with Crippen molar-refractivity contribution in [2.24, 2.45) is 0 Å². The first-order chi connectivity index (χ1) is 8.79. The fraction of sp³-hybridized carbons (Fsp3) is 0.0833. The largest absolute Gasteiger partial charge is 0.472 e. The van der Waals surface area contributed by atoms with Crippen LogP contribution in [-0.2, 0) is 4.74 Å². The number of fused-ring (bicyclic) bond motifs is 1. The minimum Gasteiger partial charge on any atom is -0.472 e. The monoisotopic (exact) mass is 243 g/mol. The summed E-state index contributed by atoms with van der Waals surface area (Å²) < 4.78 is 9.70. The van der Waals surface area contributed by atoms with Crippen LogP contribution in [0.4, 0.5) is 0 Å². The molecule has 0 aliphatic heterocycles. The van der Waals surface area contributed by atoms with Gasteiger partial charge in [0.2, 0.25) is 0 Å². The topological polar surface area (TPSA) is 81.0 Å². The van der Waals surface area contributed by atoms with Gasteiger partial charge in [0.1, 0.15) is 17.6 Å². The van der Waals surface area contributed by atoms with E-state index in [9.17, 15) is 4.79 Å². The second-order valence-corrected chi connectivity index (χ2v) is 3.64. The number of methoxy groups -OCH3 is 1. The minimum absolute atomic E-state index is 0.383. The van der Waals surface area contributed by atoms with Crippen molar-refractivity contribution in [2.45, 2.75) is 0 Å². The van der Waals surface area contributed by atoms with Crippen LogP contribution in [0.1, 0.15) is 10.4 Å². The number of carbonyl (C=O) groups excluding carboxylic acids is 1. The summed E-state index contributed by atoms with van der Waals surface area (Å²) in [5.74, 6) is 0.162. The molecule has 0 aliphatic rings. The Morgan fingerprint density at radius 3 is 3.06 bits per heavy atom. The Morgan fingerprint density at radius 2 is 2.33 bits per heavy atom. The Kier molecular flexibility index (Phi) is 2.33. The molecule has 0 spiro atoms. The van der Waals surface area contributed by atoms with Gasteiger partial charge in [-0.2, -0.15) is 0 Å². The number of furan rings is 1. The van der Waals surface area contributed by atoms with Gasteiger partial charge in [-0.25, -0.2) is 14.8 Å². The molecule has 18 heavy (non-hydrogen) atoms. The van der Waals surface area contributed by atoms with Crippen molar-refractivity contribution in [1.82, 2.24) is 15.0 Å². The molecule has 0 saturated heterocycles. The smallest absolute Gasteiger partial charge is 0.340 e. The molecule has 0 saturated carbocycles. The molecule has 6 nitrogen and oxygen atoms in total. The fourth-order valence-corrected chi connectivity index (χ4v) is 1.72. The molecule has 0 fully saturated rings. The van der Waals surface area contributed by atoms with E-state index in [2.05, 4.69) is 15.0 Å². The van der Waals surface area contributed by atoms with Gasteiger partial charge in [-0.15, -0.1) is 0 Å². The molecule has 3 aromatic heterocycles. The molecule has 0 aliphatic carbocycles. The number of nitrogens with zero attached hydrogens (tertiary/aromatic N) is 2. The lowest BCUT2D eigenvalue weighted by atomic mass is 10.2. The van der Waals surface area contributed by atoms with Crippen LogP contribution in [0.15, 0.2) is 35.3 Å². The molecule has 3 aromatic rings. The van der Waals surface area contributed by atoms with Gasteiger partial charge in [-0.1, -0.05) is 0 Å². The average molecular weight is 243 g/mol. The summed E-state index contributed by atoms with van der Waals surface area (Å²) >= 11 is 0. The second kappa shape index (κ2) is 3.99. The number of aromatic amines is 1. The Morgan fingerprint density at radius 1 is 1.44 bits per heavy atom. The van der Waals surface area contributed by atoms with Crippen LogP contribution in [0, 0.1) is 0 Å². The molecule has 0 bridgehead atoms. The Labute approximate surface area is 102 Å². The van der Waals surface area contributed by atoms with E-state index in [0.29, 0.717) is 22.6 Å². The van der Waals surface area contributed by atoms with E-state index >= 15 is 0 Å². The summed E-state index contributed by atoms with van der Waals surface area (Å²) in [4.78, 5) is 23.1. The molecule has 0 aromatic carbocycles. The number of hydrogen-bond acceptors (Lipinski definition) is 5. The van der Waals surface area contributed by atoms with Crippen LogP contribution in [0.25, 0.3) is 22.6 Å². The highest BCUT2D eigenvalue weighted by Gasteiger charge is 2.15. The maximum Gasteiger partial charge on any atom is 0.340 e. The number of aromatic nitrogens is 3.